The maximum absolute atomic E-state index is 9.14. The lowest BCUT2D eigenvalue weighted by atomic mass is 10.2. The molecule has 0 amide bonds. The van der Waals surface area contributed by atoms with Gasteiger partial charge in [0.05, 0.1) is 12.7 Å². The summed E-state index contributed by atoms with van der Waals surface area (Å²) >= 11 is 5.92. The molecule has 0 saturated carbocycles. The summed E-state index contributed by atoms with van der Waals surface area (Å²) in [5, 5.41) is 17.2. The number of phenolic OH excluding ortho intramolecular Hbond substituents is 1. The lowest BCUT2D eigenvalue weighted by molar-refractivity contribution is 0.475. The SMILES string of the molecule is Oc1ccc(Cn2ccnn2)c(Cl)c1. The first-order valence-electron chi connectivity index (χ1n) is 4.07. The van der Waals surface area contributed by atoms with E-state index < -0.39 is 0 Å². The van der Waals surface area contributed by atoms with Crippen LogP contribution in [0.1, 0.15) is 5.56 Å². The second kappa shape index (κ2) is 3.67. The Balaban J connectivity index is 2.25. The highest BCUT2D eigenvalue weighted by Gasteiger charge is 2.02. The van der Waals surface area contributed by atoms with Crippen LogP contribution in [0.15, 0.2) is 30.6 Å². The third-order valence-corrected chi connectivity index (χ3v) is 2.19. The number of hydrogen-bond donors (Lipinski definition) is 1. The van der Waals surface area contributed by atoms with Gasteiger partial charge in [-0.1, -0.05) is 22.9 Å². The predicted octanol–water partition coefficient (Wildman–Crippen LogP) is 1.69. The number of nitrogens with zero attached hydrogens (tertiary/aromatic N) is 3. The largest absolute Gasteiger partial charge is 0.508 e. The molecule has 2 rings (SSSR count). The van der Waals surface area contributed by atoms with Gasteiger partial charge >= 0.3 is 0 Å². The first-order chi connectivity index (χ1) is 6.75. The molecule has 0 atom stereocenters. The van der Waals surface area contributed by atoms with E-state index in [1.165, 1.54) is 6.07 Å². The van der Waals surface area contributed by atoms with E-state index in [9.17, 15) is 0 Å². The molecule has 0 spiro atoms. The van der Waals surface area contributed by atoms with Crippen LogP contribution in [0, 0.1) is 0 Å². The van der Waals surface area contributed by atoms with E-state index in [2.05, 4.69) is 10.3 Å². The molecule has 1 N–H and O–H groups in total. The minimum Gasteiger partial charge on any atom is -0.508 e. The summed E-state index contributed by atoms with van der Waals surface area (Å²) in [6, 6.07) is 4.87. The van der Waals surface area contributed by atoms with Gasteiger partial charge < -0.3 is 5.11 Å². The Morgan fingerprint density at radius 3 is 2.93 bits per heavy atom. The Morgan fingerprint density at radius 1 is 1.43 bits per heavy atom. The van der Waals surface area contributed by atoms with Gasteiger partial charge in [-0.2, -0.15) is 0 Å². The fourth-order valence-electron chi connectivity index (χ4n) is 1.16. The number of hydrogen-bond acceptors (Lipinski definition) is 3. The normalized spacial score (nSPS) is 10.4. The number of benzene rings is 1. The summed E-state index contributed by atoms with van der Waals surface area (Å²) in [7, 11) is 0. The number of rotatable bonds is 2. The zero-order valence-corrected chi connectivity index (χ0v) is 8.02. The third-order valence-electron chi connectivity index (χ3n) is 1.84. The van der Waals surface area contributed by atoms with Gasteiger partial charge in [0.2, 0.25) is 0 Å². The minimum absolute atomic E-state index is 0.164. The highest BCUT2D eigenvalue weighted by atomic mass is 35.5. The van der Waals surface area contributed by atoms with Gasteiger partial charge in [0.1, 0.15) is 5.75 Å². The van der Waals surface area contributed by atoms with E-state index in [0.29, 0.717) is 11.6 Å². The van der Waals surface area contributed by atoms with Gasteiger partial charge in [0.15, 0.2) is 0 Å². The van der Waals surface area contributed by atoms with Crippen molar-refractivity contribution in [2.45, 2.75) is 6.54 Å². The molecule has 0 radical (unpaired) electrons. The summed E-state index contributed by atoms with van der Waals surface area (Å²) in [5.41, 5.74) is 0.898. The topological polar surface area (TPSA) is 50.9 Å². The summed E-state index contributed by atoms with van der Waals surface area (Å²) in [5.74, 6) is 0.164. The second-order valence-electron chi connectivity index (χ2n) is 2.88. The molecular weight excluding hydrogens is 202 g/mol. The van der Waals surface area contributed by atoms with E-state index in [0.717, 1.165) is 5.56 Å². The predicted molar refractivity (Wildman–Crippen MR) is 52.2 cm³/mol. The Hall–Kier alpha value is -1.55. The Morgan fingerprint density at radius 2 is 2.29 bits per heavy atom. The van der Waals surface area contributed by atoms with Crippen molar-refractivity contribution in [2.75, 3.05) is 0 Å². The van der Waals surface area contributed by atoms with Gasteiger partial charge in [-0.25, -0.2) is 4.68 Å². The number of aromatic hydroxyl groups is 1. The van der Waals surface area contributed by atoms with Crippen molar-refractivity contribution < 1.29 is 5.11 Å². The summed E-state index contributed by atoms with van der Waals surface area (Å²) < 4.78 is 1.66. The van der Waals surface area contributed by atoms with Crippen LogP contribution in [-0.4, -0.2) is 20.1 Å². The van der Waals surface area contributed by atoms with Gasteiger partial charge in [-0.3, -0.25) is 0 Å². The molecule has 0 aliphatic carbocycles. The van der Waals surface area contributed by atoms with Gasteiger partial charge in [-0.15, -0.1) is 5.10 Å². The van der Waals surface area contributed by atoms with Crippen LogP contribution < -0.4 is 0 Å². The van der Waals surface area contributed by atoms with Crippen LogP contribution in [0.2, 0.25) is 5.02 Å². The Kier molecular flexibility index (Phi) is 2.37. The molecule has 5 heteroatoms. The molecule has 0 saturated heterocycles. The lowest BCUT2D eigenvalue weighted by Gasteiger charge is -2.03. The molecule has 1 aromatic heterocycles. The van der Waals surface area contributed by atoms with Gasteiger partial charge in [0, 0.05) is 11.2 Å². The second-order valence-corrected chi connectivity index (χ2v) is 3.28. The number of aromatic nitrogens is 3. The maximum Gasteiger partial charge on any atom is 0.117 e. The van der Waals surface area contributed by atoms with Crippen molar-refractivity contribution in [1.29, 1.82) is 0 Å². The molecule has 0 bridgehead atoms. The van der Waals surface area contributed by atoms with Crippen molar-refractivity contribution in [2.24, 2.45) is 0 Å². The molecular formula is C9H8ClN3O. The molecule has 4 nitrogen and oxygen atoms in total. The van der Waals surface area contributed by atoms with E-state index in [1.54, 1.807) is 29.2 Å². The molecule has 1 aromatic carbocycles. The van der Waals surface area contributed by atoms with Crippen molar-refractivity contribution >= 4 is 11.6 Å². The first-order valence-corrected chi connectivity index (χ1v) is 4.45. The monoisotopic (exact) mass is 209 g/mol. The van der Waals surface area contributed by atoms with Crippen LogP contribution in [-0.2, 0) is 6.54 Å². The van der Waals surface area contributed by atoms with E-state index in [-0.39, 0.29) is 5.75 Å². The fourth-order valence-corrected chi connectivity index (χ4v) is 1.39. The molecule has 0 aliphatic heterocycles. The molecule has 1 heterocycles. The van der Waals surface area contributed by atoms with Crippen LogP contribution in [0.3, 0.4) is 0 Å². The van der Waals surface area contributed by atoms with Crippen LogP contribution in [0.5, 0.6) is 5.75 Å². The van der Waals surface area contributed by atoms with Crippen molar-refractivity contribution in [3.05, 3.63) is 41.2 Å². The summed E-state index contributed by atoms with van der Waals surface area (Å²) in [6.07, 6.45) is 3.36. The average molecular weight is 210 g/mol. The summed E-state index contributed by atoms with van der Waals surface area (Å²) in [4.78, 5) is 0. The zero-order valence-electron chi connectivity index (χ0n) is 7.26. The molecule has 14 heavy (non-hydrogen) atoms. The van der Waals surface area contributed by atoms with E-state index in [1.807, 2.05) is 0 Å². The van der Waals surface area contributed by atoms with Gasteiger partial charge in [0.25, 0.3) is 0 Å². The summed E-state index contributed by atoms with van der Waals surface area (Å²) in [6.45, 7) is 0.555. The zero-order chi connectivity index (χ0) is 9.97. The van der Waals surface area contributed by atoms with Crippen molar-refractivity contribution in [3.8, 4) is 5.75 Å². The van der Waals surface area contributed by atoms with Crippen LogP contribution in [0.25, 0.3) is 0 Å². The minimum atomic E-state index is 0.164. The number of phenols is 1. The van der Waals surface area contributed by atoms with E-state index in [4.69, 9.17) is 16.7 Å². The highest BCUT2D eigenvalue weighted by Crippen LogP contribution is 2.21. The van der Waals surface area contributed by atoms with Crippen LogP contribution >= 0.6 is 11.6 Å². The highest BCUT2D eigenvalue weighted by molar-refractivity contribution is 6.31. The molecule has 0 fully saturated rings. The number of halogens is 1. The fraction of sp³-hybridized carbons (Fsp3) is 0.111. The molecule has 0 aliphatic rings. The standard InChI is InChI=1S/C9H8ClN3O/c10-9-5-8(14)2-1-7(9)6-13-4-3-11-12-13/h1-5,14H,6H2. The third kappa shape index (κ3) is 1.85. The smallest absolute Gasteiger partial charge is 0.117 e. The molecule has 72 valence electrons. The molecule has 0 unspecified atom stereocenters. The molecule has 2 aromatic rings. The van der Waals surface area contributed by atoms with Crippen molar-refractivity contribution in [1.82, 2.24) is 15.0 Å². The van der Waals surface area contributed by atoms with E-state index >= 15 is 0 Å². The quantitative estimate of drug-likeness (QED) is 0.819. The Labute approximate surface area is 85.7 Å². The lowest BCUT2D eigenvalue weighted by Crippen LogP contribution is -2.00. The van der Waals surface area contributed by atoms with Crippen LogP contribution in [0.4, 0.5) is 0 Å². The van der Waals surface area contributed by atoms with Crippen molar-refractivity contribution in [3.63, 3.8) is 0 Å². The maximum atomic E-state index is 9.14. The van der Waals surface area contributed by atoms with Gasteiger partial charge in [-0.05, 0) is 17.7 Å². The average Bonchev–Trinajstić information content (AvgIpc) is 2.62. The Bertz CT molecular complexity index is 428. The first kappa shape index (κ1) is 9.02.